The molecular weight excluding hydrogens is 438 g/mol. The van der Waals surface area contributed by atoms with Gasteiger partial charge in [-0.2, -0.15) is 13.2 Å². The van der Waals surface area contributed by atoms with Crippen LogP contribution in [-0.4, -0.2) is 13.6 Å². The Balaban J connectivity index is 2.24. The molecule has 0 amide bonds. The molecule has 0 aliphatic carbocycles. The van der Waals surface area contributed by atoms with Gasteiger partial charge in [0.2, 0.25) is 10.0 Å². The number of halogens is 6. The van der Waals surface area contributed by atoms with Crippen LogP contribution in [0.3, 0.4) is 0 Å². The highest BCUT2D eigenvalue weighted by Crippen LogP contribution is 2.40. The molecule has 0 saturated carbocycles. The first kappa shape index (κ1) is 21.8. The highest BCUT2D eigenvalue weighted by atomic mass is 32.2. The van der Waals surface area contributed by atoms with Crippen LogP contribution in [0.2, 0.25) is 0 Å². The summed E-state index contributed by atoms with van der Waals surface area (Å²) < 4.78 is 109. The van der Waals surface area contributed by atoms with Crippen molar-refractivity contribution in [2.24, 2.45) is 5.14 Å². The number of aromatic nitrogens is 1. The van der Waals surface area contributed by atoms with E-state index in [0.29, 0.717) is 12.1 Å². The molecule has 2 N–H and O–H groups in total. The van der Waals surface area contributed by atoms with Gasteiger partial charge in [0, 0.05) is 11.1 Å². The Morgan fingerprint density at radius 3 is 2.30 bits per heavy atom. The molecule has 30 heavy (non-hydrogen) atoms. The third kappa shape index (κ3) is 3.92. The predicted molar refractivity (Wildman–Crippen MR) is 93.2 cm³/mol. The lowest BCUT2D eigenvalue weighted by Gasteiger charge is -2.12. The largest absolute Gasteiger partial charge is 0.416 e. The Hall–Kier alpha value is -2.86. The van der Waals surface area contributed by atoms with Crippen molar-refractivity contribution in [2.75, 3.05) is 0 Å². The van der Waals surface area contributed by atoms with E-state index >= 15 is 0 Å². The van der Waals surface area contributed by atoms with Gasteiger partial charge < -0.3 is 4.52 Å². The summed E-state index contributed by atoms with van der Waals surface area (Å²) in [5.74, 6) is -3.21. The molecule has 2 aromatic carbocycles. The van der Waals surface area contributed by atoms with E-state index in [1.54, 1.807) is 0 Å². The van der Waals surface area contributed by atoms with Crippen molar-refractivity contribution in [2.45, 2.75) is 24.7 Å². The number of hydrogen-bond donors (Lipinski definition) is 1. The monoisotopic (exact) mass is 450 g/mol. The molecule has 0 spiro atoms. The van der Waals surface area contributed by atoms with E-state index in [4.69, 9.17) is 9.66 Å². The molecule has 0 aliphatic rings. The van der Waals surface area contributed by atoms with Gasteiger partial charge in [-0.3, -0.25) is 0 Å². The van der Waals surface area contributed by atoms with Crippen molar-refractivity contribution in [1.82, 2.24) is 5.16 Å². The second-order valence-electron chi connectivity index (χ2n) is 6.30. The minimum atomic E-state index is -4.61. The maximum atomic E-state index is 14.6. The summed E-state index contributed by atoms with van der Waals surface area (Å²) in [5, 5.41) is 8.40. The lowest BCUT2D eigenvalue weighted by Crippen LogP contribution is -2.14. The van der Waals surface area contributed by atoms with Crippen molar-refractivity contribution in [3.05, 3.63) is 58.9 Å². The van der Waals surface area contributed by atoms with Crippen molar-refractivity contribution in [3.8, 4) is 22.4 Å². The molecule has 12 heteroatoms. The second-order valence-corrected chi connectivity index (χ2v) is 7.83. The summed E-state index contributed by atoms with van der Waals surface area (Å²) in [7, 11) is -4.58. The number of sulfonamides is 1. The summed E-state index contributed by atoms with van der Waals surface area (Å²) in [5.41, 5.74) is -2.30. The summed E-state index contributed by atoms with van der Waals surface area (Å²) in [6.07, 6.45) is -4.61. The molecule has 0 unspecified atom stereocenters. The van der Waals surface area contributed by atoms with Gasteiger partial charge in [0.05, 0.1) is 11.1 Å². The van der Waals surface area contributed by atoms with E-state index in [1.165, 1.54) is 6.92 Å². The Morgan fingerprint density at radius 2 is 1.77 bits per heavy atom. The van der Waals surface area contributed by atoms with Crippen molar-refractivity contribution in [3.63, 3.8) is 0 Å². The lowest BCUT2D eigenvalue weighted by molar-refractivity contribution is -0.138. The smallest absolute Gasteiger partial charge is 0.357 e. The van der Waals surface area contributed by atoms with Crippen molar-refractivity contribution in [1.29, 1.82) is 0 Å². The number of rotatable bonds is 4. The lowest BCUT2D eigenvalue weighted by atomic mass is 9.96. The maximum Gasteiger partial charge on any atom is 0.416 e. The molecule has 0 bridgehead atoms. The van der Waals surface area contributed by atoms with Gasteiger partial charge >= 0.3 is 6.18 Å². The second kappa shape index (κ2) is 7.43. The van der Waals surface area contributed by atoms with Gasteiger partial charge in [-0.05, 0) is 36.8 Å². The fraction of sp³-hybridized carbons (Fsp3) is 0.167. The van der Waals surface area contributed by atoms with Crippen LogP contribution in [0.4, 0.5) is 26.3 Å². The Bertz CT molecular complexity index is 1240. The van der Waals surface area contributed by atoms with Gasteiger partial charge in [-0.1, -0.05) is 11.2 Å². The number of primary sulfonamides is 1. The summed E-state index contributed by atoms with van der Waals surface area (Å²) in [4.78, 5) is -1.12. The molecule has 0 atom stereocenters. The first-order valence-corrected chi connectivity index (χ1v) is 9.64. The highest BCUT2D eigenvalue weighted by Gasteiger charge is 2.33. The zero-order chi connectivity index (χ0) is 22.4. The van der Waals surface area contributed by atoms with E-state index in [2.05, 4.69) is 5.16 Å². The molecule has 160 valence electrons. The molecule has 1 aromatic heterocycles. The normalized spacial score (nSPS) is 12.4. The molecule has 0 saturated heterocycles. The fourth-order valence-corrected chi connectivity index (χ4v) is 3.56. The molecule has 0 fully saturated rings. The Morgan fingerprint density at radius 1 is 1.10 bits per heavy atom. The van der Waals surface area contributed by atoms with Crippen LogP contribution in [0.1, 0.15) is 16.9 Å². The SMILES string of the molecule is Cc1cc(-c2noc(CF)c2-c2cc(F)c(S(N)(=O)=O)cc2F)ccc1C(F)(F)F. The zero-order valence-corrected chi connectivity index (χ0v) is 15.8. The van der Waals surface area contributed by atoms with Crippen LogP contribution in [0.5, 0.6) is 0 Å². The van der Waals surface area contributed by atoms with Crippen LogP contribution in [0.15, 0.2) is 39.8 Å². The first-order valence-electron chi connectivity index (χ1n) is 8.09. The average molecular weight is 450 g/mol. The van der Waals surface area contributed by atoms with E-state index in [0.717, 1.165) is 18.2 Å². The van der Waals surface area contributed by atoms with Crippen LogP contribution in [0.25, 0.3) is 22.4 Å². The number of nitrogens with two attached hydrogens (primary N) is 1. The molecule has 3 rings (SSSR count). The van der Waals surface area contributed by atoms with Crippen LogP contribution >= 0.6 is 0 Å². The molecule has 3 aromatic rings. The third-order valence-electron chi connectivity index (χ3n) is 4.29. The highest BCUT2D eigenvalue weighted by molar-refractivity contribution is 7.89. The van der Waals surface area contributed by atoms with Crippen LogP contribution < -0.4 is 5.14 Å². The number of benzene rings is 2. The topological polar surface area (TPSA) is 86.2 Å². The minimum absolute atomic E-state index is 0.0225. The van der Waals surface area contributed by atoms with Crippen LogP contribution in [-0.2, 0) is 22.9 Å². The van der Waals surface area contributed by atoms with Gasteiger partial charge in [-0.15, -0.1) is 0 Å². The van der Waals surface area contributed by atoms with Gasteiger partial charge in [0.25, 0.3) is 0 Å². The van der Waals surface area contributed by atoms with Crippen LogP contribution in [0, 0.1) is 18.6 Å². The zero-order valence-electron chi connectivity index (χ0n) is 15.0. The number of alkyl halides is 4. The van der Waals surface area contributed by atoms with E-state index in [9.17, 15) is 34.8 Å². The molecule has 0 radical (unpaired) electrons. The fourth-order valence-electron chi connectivity index (χ4n) is 2.96. The molecular formula is C18H12F6N2O3S. The standard InChI is InChI=1S/C18H12F6N2O3S/c1-8-4-9(2-3-11(8)18(22,23)24)17-16(14(7-19)29-26-17)10-5-13(21)15(6-12(10)20)30(25,27)28/h2-6H,7H2,1H3,(H2,25,27,28). The van der Waals surface area contributed by atoms with Gasteiger partial charge in [0.15, 0.2) is 12.4 Å². The number of hydrogen-bond acceptors (Lipinski definition) is 4. The van der Waals surface area contributed by atoms with Crippen molar-refractivity contribution >= 4 is 10.0 Å². The number of aryl methyl sites for hydroxylation is 1. The van der Waals surface area contributed by atoms with Gasteiger partial charge in [-0.25, -0.2) is 26.7 Å². The molecule has 5 nitrogen and oxygen atoms in total. The van der Waals surface area contributed by atoms with E-state index in [1.807, 2.05) is 0 Å². The average Bonchev–Trinajstić information content (AvgIpc) is 3.05. The van der Waals surface area contributed by atoms with E-state index < -0.39 is 56.3 Å². The summed E-state index contributed by atoms with van der Waals surface area (Å²) >= 11 is 0. The predicted octanol–water partition coefficient (Wildman–Crippen LogP) is 4.73. The van der Waals surface area contributed by atoms with Gasteiger partial charge in [0.1, 0.15) is 22.2 Å². The maximum absolute atomic E-state index is 14.6. The van der Waals surface area contributed by atoms with E-state index in [-0.39, 0.29) is 22.4 Å². The summed E-state index contributed by atoms with van der Waals surface area (Å²) in [6.45, 7) is -0.108. The molecule has 0 aliphatic heterocycles. The van der Waals surface area contributed by atoms with Crippen molar-refractivity contribution < 1.29 is 39.3 Å². The molecule has 1 heterocycles. The third-order valence-corrected chi connectivity index (χ3v) is 5.21. The Kier molecular flexibility index (Phi) is 5.41. The number of nitrogens with zero attached hydrogens (tertiary/aromatic N) is 1. The first-order chi connectivity index (χ1) is 13.8. The minimum Gasteiger partial charge on any atom is -0.357 e. The quantitative estimate of drug-likeness (QED) is 0.583. The summed E-state index contributed by atoms with van der Waals surface area (Å²) in [6, 6.07) is 3.66. The Labute approximate surface area is 166 Å².